The van der Waals surface area contributed by atoms with Crippen molar-refractivity contribution < 1.29 is 13.9 Å². The number of para-hydroxylation sites is 1. The van der Waals surface area contributed by atoms with Gasteiger partial charge in [0.2, 0.25) is 0 Å². The van der Waals surface area contributed by atoms with Gasteiger partial charge >= 0.3 is 0 Å². The van der Waals surface area contributed by atoms with Crippen LogP contribution in [0.3, 0.4) is 0 Å². The fraction of sp³-hybridized carbons (Fsp3) is 0.217. The second-order valence-electron chi connectivity index (χ2n) is 6.53. The van der Waals surface area contributed by atoms with Crippen molar-refractivity contribution in [3.63, 3.8) is 0 Å². The average Bonchev–Trinajstić information content (AvgIpc) is 2.72. The Labute approximate surface area is 180 Å². The van der Waals surface area contributed by atoms with Gasteiger partial charge in [0.1, 0.15) is 12.4 Å². The van der Waals surface area contributed by atoms with Crippen LogP contribution in [0.4, 0.5) is 4.39 Å². The zero-order valence-electron chi connectivity index (χ0n) is 16.1. The molecular weight excluding hydrogens is 412 g/mol. The van der Waals surface area contributed by atoms with Crippen molar-refractivity contribution in [1.82, 2.24) is 5.32 Å². The first-order chi connectivity index (χ1) is 14.1. The minimum Gasteiger partial charge on any atom is -0.493 e. The maximum Gasteiger partial charge on any atom is 0.166 e. The highest BCUT2D eigenvalue weighted by molar-refractivity contribution is 6.35. The van der Waals surface area contributed by atoms with Crippen molar-refractivity contribution >= 4 is 23.2 Å². The number of ether oxygens (including phenoxy) is 2. The summed E-state index contributed by atoms with van der Waals surface area (Å²) in [4.78, 5) is 0. The Morgan fingerprint density at radius 1 is 0.966 bits per heavy atom. The molecule has 0 spiro atoms. The third-order valence-electron chi connectivity index (χ3n) is 4.49. The highest BCUT2D eigenvalue weighted by atomic mass is 35.5. The number of nitrogens with one attached hydrogen (secondary N) is 1. The third-order valence-corrected chi connectivity index (χ3v) is 5.07. The predicted octanol–water partition coefficient (Wildman–Crippen LogP) is 6.05. The number of benzene rings is 3. The van der Waals surface area contributed by atoms with Crippen LogP contribution in [0.1, 0.15) is 16.7 Å². The number of rotatable bonds is 9. The van der Waals surface area contributed by atoms with Gasteiger partial charge in [-0.05, 0) is 48.9 Å². The van der Waals surface area contributed by atoms with E-state index in [2.05, 4.69) is 5.32 Å². The summed E-state index contributed by atoms with van der Waals surface area (Å²) < 4.78 is 24.5. The van der Waals surface area contributed by atoms with Crippen LogP contribution in [0.2, 0.25) is 10.0 Å². The maximum absolute atomic E-state index is 13.0. The molecule has 0 heterocycles. The number of hydrogen-bond donors (Lipinski definition) is 1. The number of hydrogen-bond acceptors (Lipinski definition) is 3. The molecular formula is C23H22Cl2FNO2. The average molecular weight is 434 g/mol. The quantitative estimate of drug-likeness (QED) is 0.416. The molecule has 0 radical (unpaired) electrons. The molecule has 0 atom stereocenters. The molecule has 6 heteroatoms. The summed E-state index contributed by atoms with van der Waals surface area (Å²) in [7, 11) is 1.61. The maximum atomic E-state index is 13.0. The van der Waals surface area contributed by atoms with Crippen LogP contribution in [0.5, 0.6) is 11.5 Å². The summed E-state index contributed by atoms with van der Waals surface area (Å²) in [6.45, 7) is 1.67. The zero-order chi connectivity index (χ0) is 20.6. The highest BCUT2D eigenvalue weighted by Gasteiger charge is 2.12. The Bertz CT molecular complexity index is 948. The minimum absolute atomic E-state index is 0.222. The first-order valence-electron chi connectivity index (χ1n) is 9.24. The van der Waals surface area contributed by atoms with Crippen molar-refractivity contribution in [1.29, 1.82) is 0 Å². The summed E-state index contributed by atoms with van der Waals surface area (Å²) >= 11 is 12.2. The van der Waals surface area contributed by atoms with E-state index in [1.807, 2.05) is 24.3 Å². The van der Waals surface area contributed by atoms with E-state index in [4.69, 9.17) is 32.7 Å². The molecule has 29 heavy (non-hydrogen) atoms. The van der Waals surface area contributed by atoms with E-state index in [-0.39, 0.29) is 5.82 Å². The molecule has 1 N–H and O–H groups in total. The van der Waals surface area contributed by atoms with Gasteiger partial charge in [0.05, 0.1) is 7.11 Å². The topological polar surface area (TPSA) is 30.5 Å². The van der Waals surface area contributed by atoms with Gasteiger partial charge in [-0.2, -0.15) is 0 Å². The summed E-state index contributed by atoms with van der Waals surface area (Å²) in [5.41, 5.74) is 2.91. The second-order valence-corrected chi connectivity index (χ2v) is 7.37. The lowest BCUT2D eigenvalue weighted by molar-refractivity contribution is 0.281. The fourth-order valence-corrected chi connectivity index (χ4v) is 3.38. The number of halogens is 3. The van der Waals surface area contributed by atoms with E-state index in [9.17, 15) is 4.39 Å². The smallest absolute Gasteiger partial charge is 0.166 e. The van der Waals surface area contributed by atoms with E-state index in [0.717, 1.165) is 29.7 Å². The van der Waals surface area contributed by atoms with Crippen LogP contribution < -0.4 is 14.8 Å². The minimum atomic E-state index is -0.222. The molecule has 0 aliphatic carbocycles. The fourth-order valence-electron chi connectivity index (χ4n) is 2.92. The van der Waals surface area contributed by atoms with E-state index in [0.29, 0.717) is 34.7 Å². The van der Waals surface area contributed by atoms with Gasteiger partial charge in [-0.15, -0.1) is 0 Å². The van der Waals surface area contributed by atoms with Crippen LogP contribution >= 0.6 is 23.2 Å². The van der Waals surface area contributed by atoms with Gasteiger partial charge in [-0.3, -0.25) is 0 Å². The Hall–Kier alpha value is -2.27. The van der Waals surface area contributed by atoms with E-state index < -0.39 is 0 Å². The summed E-state index contributed by atoms with van der Waals surface area (Å²) in [6, 6.07) is 17.7. The molecule has 0 aliphatic heterocycles. The third kappa shape index (κ3) is 6.10. The summed E-state index contributed by atoms with van der Waals surface area (Å²) in [5, 5.41) is 4.55. The van der Waals surface area contributed by atoms with Crippen LogP contribution in [0, 0.1) is 5.82 Å². The lowest BCUT2D eigenvalue weighted by atomic mass is 10.1. The molecule has 0 saturated heterocycles. The monoisotopic (exact) mass is 433 g/mol. The van der Waals surface area contributed by atoms with Gasteiger partial charge in [-0.1, -0.05) is 53.5 Å². The molecule has 3 rings (SSSR count). The summed E-state index contributed by atoms with van der Waals surface area (Å²) in [5.74, 6) is 1.11. The van der Waals surface area contributed by atoms with Crippen molar-refractivity contribution in [3.05, 3.63) is 93.2 Å². The molecule has 3 nitrogen and oxygen atoms in total. The Balaban J connectivity index is 1.63. The molecule has 152 valence electrons. The normalized spacial score (nSPS) is 10.8. The Morgan fingerprint density at radius 2 is 1.76 bits per heavy atom. The molecule has 0 saturated carbocycles. The predicted molar refractivity (Wildman–Crippen MR) is 116 cm³/mol. The van der Waals surface area contributed by atoms with Crippen LogP contribution in [-0.2, 0) is 19.6 Å². The SMILES string of the molecule is COc1cccc(CNCCc2ccc(F)cc2)c1OCc1ccc(Cl)cc1Cl. The highest BCUT2D eigenvalue weighted by Crippen LogP contribution is 2.32. The number of methoxy groups -OCH3 is 1. The molecule has 0 amide bonds. The molecule has 0 fully saturated rings. The van der Waals surface area contributed by atoms with Crippen molar-refractivity contribution in [2.24, 2.45) is 0 Å². The molecule has 0 aromatic heterocycles. The van der Waals surface area contributed by atoms with E-state index in [1.165, 1.54) is 12.1 Å². The standard InChI is InChI=1S/C23H22Cl2FNO2/c1-28-22-4-2-3-17(14-27-12-11-16-5-9-20(26)10-6-16)23(22)29-15-18-7-8-19(24)13-21(18)25/h2-10,13,27H,11-12,14-15H2,1H3. The van der Waals surface area contributed by atoms with Gasteiger partial charge in [0.15, 0.2) is 11.5 Å². The van der Waals surface area contributed by atoms with Gasteiger partial charge in [0, 0.05) is 27.7 Å². The van der Waals surface area contributed by atoms with E-state index >= 15 is 0 Å². The lowest BCUT2D eigenvalue weighted by Crippen LogP contribution is -2.17. The summed E-state index contributed by atoms with van der Waals surface area (Å²) in [6.07, 6.45) is 0.806. The van der Waals surface area contributed by atoms with Gasteiger partial charge in [0.25, 0.3) is 0 Å². The van der Waals surface area contributed by atoms with Gasteiger partial charge in [-0.25, -0.2) is 4.39 Å². The second kappa shape index (κ2) is 10.5. The van der Waals surface area contributed by atoms with Crippen LogP contribution in [0.25, 0.3) is 0 Å². The molecule has 0 unspecified atom stereocenters. The molecule has 0 bridgehead atoms. The Kier molecular flexibility index (Phi) is 7.76. The van der Waals surface area contributed by atoms with Crippen molar-refractivity contribution in [2.45, 2.75) is 19.6 Å². The van der Waals surface area contributed by atoms with Crippen molar-refractivity contribution in [3.8, 4) is 11.5 Å². The molecule has 3 aromatic rings. The largest absolute Gasteiger partial charge is 0.493 e. The molecule has 0 aliphatic rings. The van der Waals surface area contributed by atoms with E-state index in [1.54, 1.807) is 31.4 Å². The van der Waals surface area contributed by atoms with Gasteiger partial charge < -0.3 is 14.8 Å². The lowest BCUT2D eigenvalue weighted by Gasteiger charge is -2.16. The van der Waals surface area contributed by atoms with Crippen LogP contribution in [-0.4, -0.2) is 13.7 Å². The first-order valence-corrected chi connectivity index (χ1v) is 10.00. The molecule has 3 aromatic carbocycles. The Morgan fingerprint density at radius 3 is 2.48 bits per heavy atom. The first kappa shape index (κ1) is 21.4. The van der Waals surface area contributed by atoms with Crippen molar-refractivity contribution in [2.75, 3.05) is 13.7 Å². The van der Waals surface area contributed by atoms with Crippen LogP contribution in [0.15, 0.2) is 60.7 Å². The zero-order valence-corrected chi connectivity index (χ0v) is 17.6.